The summed E-state index contributed by atoms with van der Waals surface area (Å²) in [7, 11) is 0. The normalized spacial score (nSPS) is 15.0. The zero-order valence-corrected chi connectivity index (χ0v) is 12.4. The SMILES string of the molecule is CC(C)Oc1nc(N)nc(-c2cccc(C3CCC3)c2)n1. The van der Waals surface area contributed by atoms with E-state index < -0.39 is 0 Å². The third-order valence-electron chi connectivity index (χ3n) is 3.69. The summed E-state index contributed by atoms with van der Waals surface area (Å²) in [5.41, 5.74) is 8.08. The van der Waals surface area contributed by atoms with E-state index in [1.54, 1.807) is 0 Å². The highest BCUT2D eigenvalue weighted by Crippen LogP contribution is 2.37. The Morgan fingerprint density at radius 3 is 2.67 bits per heavy atom. The maximum Gasteiger partial charge on any atom is 0.322 e. The van der Waals surface area contributed by atoms with E-state index in [1.807, 2.05) is 26.0 Å². The summed E-state index contributed by atoms with van der Waals surface area (Å²) in [5.74, 6) is 1.43. The molecule has 0 unspecified atom stereocenters. The Morgan fingerprint density at radius 2 is 2.00 bits per heavy atom. The van der Waals surface area contributed by atoms with Crippen LogP contribution in [0.2, 0.25) is 0 Å². The molecule has 0 bridgehead atoms. The minimum atomic E-state index is 0.000890. The van der Waals surface area contributed by atoms with E-state index in [2.05, 4.69) is 27.1 Å². The standard InChI is InChI=1S/C16H20N4O/c1-10(2)21-16-19-14(18-15(17)20-16)13-8-4-7-12(9-13)11-5-3-6-11/h4,7-11H,3,5-6H2,1-2H3,(H2,17,18,19,20). The Balaban J connectivity index is 1.93. The lowest BCUT2D eigenvalue weighted by molar-refractivity contribution is 0.222. The number of aromatic nitrogens is 3. The number of anilines is 1. The highest BCUT2D eigenvalue weighted by atomic mass is 16.5. The molecule has 1 aromatic carbocycles. The molecule has 0 atom stereocenters. The fourth-order valence-electron chi connectivity index (χ4n) is 2.44. The zero-order valence-electron chi connectivity index (χ0n) is 12.4. The molecule has 3 rings (SSSR count). The fourth-order valence-corrected chi connectivity index (χ4v) is 2.44. The van der Waals surface area contributed by atoms with Gasteiger partial charge in [-0.2, -0.15) is 15.0 Å². The summed E-state index contributed by atoms with van der Waals surface area (Å²) in [6.07, 6.45) is 3.86. The first-order chi connectivity index (χ1) is 10.1. The Bertz CT molecular complexity index is 638. The molecule has 0 amide bonds. The molecule has 2 N–H and O–H groups in total. The van der Waals surface area contributed by atoms with Gasteiger partial charge in [0.05, 0.1) is 6.10 Å². The quantitative estimate of drug-likeness (QED) is 0.933. The molecule has 1 heterocycles. The number of nitrogens with zero attached hydrogens (tertiary/aromatic N) is 3. The van der Waals surface area contributed by atoms with Crippen molar-refractivity contribution in [2.24, 2.45) is 0 Å². The molecular formula is C16H20N4O. The van der Waals surface area contributed by atoms with Gasteiger partial charge in [-0.3, -0.25) is 0 Å². The molecule has 0 radical (unpaired) electrons. The van der Waals surface area contributed by atoms with Crippen molar-refractivity contribution in [2.45, 2.75) is 45.1 Å². The topological polar surface area (TPSA) is 73.9 Å². The van der Waals surface area contributed by atoms with Crippen molar-refractivity contribution in [3.63, 3.8) is 0 Å². The Labute approximate surface area is 124 Å². The number of hydrogen-bond donors (Lipinski definition) is 1. The second-order valence-electron chi connectivity index (χ2n) is 5.72. The number of ether oxygens (including phenoxy) is 1. The van der Waals surface area contributed by atoms with Crippen molar-refractivity contribution >= 4 is 5.95 Å². The number of benzene rings is 1. The third kappa shape index (κ3) is 3.12. The average molecular weight is 284 g/mol. The average Bonchev–Trinajstić information content (AvgIpc) is 2.35. The van der Waals surface area contributed by atoms with Crippen molar-refractivity contribution in [3.05, 3.63) is 29.8 Å². The van der Waals surface area contributed by atoms with Gasteiger partial charge in [-0.1, -0.05) is 24.6 Å². The Morgan fingerprint density at radius 1 is 1.19 bits per heavy atom. The van der Waals surface area contributed by atoms with Gasteiger partial charge in [0.15, 0.2) is 5.82 Å². The predicted octanol–water partition coefficient (Wildman–Crippen LogP) is 3.18. The van der Waals surface area contributed by atoms with E-state index in [-0.39, 0.29) is 18.1 Å². The highest BCUT2D eigenvalue weighted by Gasteiger charge is 2.20. The molecule has 1 fully saturated rings. The van der Waals surface area contributed by atoms with Crippen LogP contribution in [0.3, 0.4) is 0 Å². The summed E-state index contributed by atoms with van der Waals surface area (Å²) in [4.78, 5) is 12.6. The number of rotatable bonds is 4. The molecule has 2 aromatic rings. The van der Waals surface area contributed by atoms with Crippen LogP contribution in [0.5, 0.6) is 6.01 Å². The van der Waals surface area contributed by atoms with E-state index in [0.29, 0.717) is 11.7 Å². The van der Waals surface area contributed by atoms with Gasteiger partial charge in [0.2, 0.25) is 5.95 Å². The molecule has 21 heavy (non-hydrogen) atoms. The molecule has 0 spiro atoms. The minimum absolute atomic E-state index is 0.000890. The van der Waals surface area contributed by atoms with Crippen molar-refractivity contribution in [2.75, 3.05) is 5.73 Å². The highest BCUT2D eigenvalue weighted by molar-refractivity contribution is 5.57. The molecule has 1 aromatic heterocycles. The molecule has 110 valence electrons. The van der Waals surface area contributed by atoms with Crippen molar-refractivity contribution in [1.29, 1.82) is 0 Å². The first kappa shape index (κ1) is 13.8. The second kappa shape index (κ2) is 5.68. The summed E-state index contributed by atoms with van der Waals surface area (Å²) in [5, 5.41) is 0. The molecular weight excluding hydrogens is 264 g/mol. The maximum atomic E-state index is 5.77. The lowest BCUT2D eigenvalue weighted by Gasteiger charge is -2.26. The number of hydrogen-bond acceptors (Lipinski definition) is 5. The van der Waals surface area contributed by atoms with Crippen LogP contribution in [0.1, 0.15) is 44.6 Å². The second-order valence-corrected chi connectivity index (χ2v) is 5.72. The monoisotopic (exact) mass is 284 g/mol. The van der Waals surface area contributed by atoms with Gasteiger partial charge >= 0.3 is 6.01 Å². The van der Waals surface area contributed by atoms with E-state index in [0.717, 1.165) is 5.56 Å². The van der Waals surface area contributed by atoms with Gasteiger partial charge in [0.1, 0.15) is 0 Å². The van der Waals surface area contributed by atoms with Crippen LogP contribution in [0.4, 0.5) is 5.95 Å². The lowest BCUT2D eigenvalue weighted by atomic mass is 9.80. The molecule has 0 aliphatic heterocycles. The summed E-state index contributed by atoms with van der Waals surface area (Å²) in [6.45, 7) is 3.85. The molecule has 5 heteroatoms. The van der Waals surface area contributed by atoms with Gasteiger partial charge in [0, 0.05) is 5.56 Å². The smallest absolute Gasteiger partial charge is 0.322 e. The molecule has 1 saturated carbocycles. The van der Waals surface area contributed by atoms with Crippen molar-refractivity contribution in [1.82, 2.24) is 15.0 Å². The Kier molecular flexibility index (Phi) is 3.73. The van der Waals surface area contributed by atoms with Crippen LogP contribution in [-0.2, 0) is 0 Å². The summed E-state index contributed by atoms with van der Waals surface area (Å²) < 4.78 is 5.52. The van der Waals surface area contributed by atoms with Crippen LogP contribution in [0, 0.1) is 0 Å². The van der Waals surface area contributed by atoms with E-state index in [4.69, 9.17) is 10.5 Å². The molecule has 5 nitrogen and oxygen atoms in total. The van der Waals surface area contributed by atoms with E-state index in [1.165, 1.54) is 24.8 Å². The molecule has 0 saturated heterocycles. The zero-order chi connectivity index (χ0) is 14.8. The Hall–Kier alpha value is -2.17. The van der Waals surface area contributed by atoms with Crippen molar-refractivity contribution < 1.29 is 4.74 Å². The minimum Gasteiger partial charge on any atom is -0.461 e. The maximum absolute atomic E-state index is 5.77. The van der Waals surface area contributed by atoms with E-state index in [9.17, 15) is 0 Å². The third-order valence-corrected chi connectivity index (χ3v) is 3.69. The fraction of sp³-hybridized carbons (Fsp3) is 0.438. The van der Waals surface area contributed by atoms with Gasteiger partial charge < -0.3 is 10.5 Å². The first-order valence-corrected chi connectivity index (χ1v) is 7.40. The van der Waals surface area contributed by atoms with E-state index >= 15 is 0 Å². The van der Waals surface area contributed by atoms with Gasteiger partial charge in [-0.25, -0.2) is 0 Å². The van der Waals surface area contributed by atoms with Gasteiger partial charge in [0.25, 0.3) is 0 Å². The van der Waals surface area contributed by atoms with Crippen LogP contribution in [-0.4, -0.2) is 21.1 Å². The predicted molar refractivity (Wildman–Crippen MR) is 82.0 cm³/mol. The molecule has 1 aliphatic rings. The summed E-state index contributed by atoms with van der Waals surface area (Å²) >= 11 is 0. The lowest BCUT2D eigenvalue weighted by Crippen LogP contribution is -2.11. The number of nitrogen functional groups attached to an aromatic ring is 1. The van der Waals surface area contributed by atoms with Crippen LogP contribution in [0.25, 0.3) is 11.4 Å². The van der Waals surface area contributed by atoms with Crippen LogP contribution < -0.4 is 10.5 Å². The van der Waals surface area contributed by atoms with Crippen molar-refractivity contribution in [3.8, 4) is 17.4 Å². The van der Waals surface area contributed by atoms with Gasteiger partial charge in [-0.15, -0.1) is 0 Å². The van der Waals surface area contributed by atoms with Gasteiger partial charge in [-0.05, 0) is 44.2 Å². The molecule has 1 aliphatic carbocycles. The first-order valence-electron chi connectivity index (χ1n) is 7.40. The van der Waals surface area contributed by atoms with Crippen LogP contribution >= 0.6 is 0 Å². The summed E-state index contributed by atoms with van der Waals surface area (Å²) in [6, 6.07) is 8.64. The largest absolute Gasteiger partial charge is 0.461 e. The van der Waals surface area contributed by atoms with Crippen LogP contribution in [0.15, 0.2) is 24.3 Å². The number of nitrogens with two attached hydrogens (primary N) is 1.